The van der Waals surface area contributed by atoms with E-state index in [2.05, 4.69) is 0 Å². The minimum absolute atomic E-state index is 0.0134. The van der Waals surface area contributed by atoms with E-state index in [1.54, 1.807) is 40.9 Å². The number of benzene rings is 2. The van der Waals surface area contributed by atoms with Gasteiger partial charge in [-0.3, -0.25) is 9.59 Å². The summed E-state index contributed by atoms with van der Waals surface area (Å²) in [5, 5.41) is 0.470. The third kappa shape index (κ3) is 4.59. The monoisotopic (exact) mass is 388 g/mol. The van der Waals surface area contributed by atoms with Crippen molar-refractivity contribution in [3.8, 4) is 0 Å². The Labute approximate surface area is 163 Å². The molecule has 0 bridgehead atoms. The third-order valence-electron chi connectivity index (χ3n) is 4.37. The first kappa shape index (κ1) is 18.8. The van der Waals surface area contributed by atoms with Gasteiger partial charge in [0.15, 0.2) is 0 Å². The van der Waals surface area contributed by atoms with Gasteiger partial charge in [0.05, 0.1) is 5.25 Å². The van der Waals surface area contributed by atoms with Crippen LogP contribution < -0.4 is 0 Å². The summed E-state index contributed by atoms with van der Waals surface area (Å²) in [5.74, 6) is 0.109. The van der Waals surface area contributed by atoms with Gasteiger partial charge in [0, 0.05) is 41.7 Å². The smallest absolute Gasteiger partial charge is 0.253 e. The number of rotatable bonds is 4. The van der Waals surface area contributed by atoms with E-state index < -0.39 is 0 Å². The van der Waals surface area contributed by atoms with Crippen LogP contribution in [0.4, 0.5) is 0 Å². The minimum atomic E-state index is -0.143. The fourth-order valence-electron chi connectivity index (χ4n) is 2.92. The second-order valence-corrected chi connectivity index (χ2v) is 8.05. The Morgan fingerprint density at radius 3 is 2.12 bits per heavy atom. The SMILES string of the molecule is CC(Sc1ccccc1)C(=O)N1CCN(C(=O)c2ccc(Cl)cc2)CC1. The normalized spacial score (nSPS) is 15.6. The van der Waals surface area contributed by atoms with Crippen molar-refractivity contribution in [1.29, 1.82) is 0 Å². The van der Waals surface area contributed by atoms with Gasteiger partial charge in [-0.1, -0.05) is 29.8 Å². The molecule has 3 rings (SSSR count). The Balaban J connectivity index is 1.53. The Bertz CT molecular complexity index is 759. The molecule has 26 heavy (non-hydrogen) atoms. The molecule has 1 aliphatic rings. The number of thioether (sulfide) groups is 1. The Morgan fingerprint density at radius 2 is 1.50 bits per heavy atom. The summed E-state index contributed by atoms with van der Waals surface area (Å²) in [6.45, 7) is 4.17. The number of carbonyl (C=O) groups excluding carboxylic acids is 2. The maximum absolute atomic E-state index is 12.7. The molecule has 6 heteroatoms. The first-order chi connectivity index (χ1) is 12.5. The Morgan fingerprint density at radius 1 is 0.923 bits per heavy atom. The van der Waals surface area contributed by atoms with E-state index in [9.17, 15) is 9.59 Å². The lowest BCUT2D eigenvalue weighted by atomic mass is 10.2. The number of halogens is 1. The zero-order chi connectivity index (χ0) is 18.5. The molecule has 1 unspecified atom stereocenters. The molecule has 136 valence electrons. The molecule has 2 amide bonds. The molecule has 4 nitrogen and oxygen atoms in total. The lowest BCUT2D eigenvalue weighted by Gasteiger charge is -2.36. The molecule has 0 saturated carbocycles. The lowest BCUT2D eigenvalue weighted by Crippen LogP contribution is -2.52. The highest BCUT2D eigenvalue weighted by molar-refractivity contribution is 8.00. The molecule has 0 aliphatic carbocycles. The van der Waals surface area contributed by atoms with E-state index in [1.165, 1.54) is 0 Å². The van der Waals surface area contributed by atoms with Crippen molar-refractivity contribution in [3.63, 3.8) is 0 Å². The first-order valence-corrected chi connectivity index (χ1v) is 9.85. The van der Waals surface area contributed by atoms with Gasteiger partial charge in [-0.2, -0.15) is 0 Å². The summed E-state index contributed by atoms with van der Waals surface area (Å²) in [6.07, 6.45) is 0. The zero-order valence-corrected chi connectivity index (χ0v) is 16.2. The van der Waals surface area contributed by atoms with Gasteiger partial charge < -0.3 is 9.80 Å². The van der Waals surface area contributed by atoms with Gasteiger partial charge in [-0.15, -0.1) is 11.8 Å². The second kappa shape index (κ2) is 8.60. The minimum Gasteiger partial charge on any atom is -0.338 e. The summed E-state index contributed by atoms with van der Waals surface area (Å²) in [6, 6.07) is 16.8. The van der Waals surface area contributed by atoms with Crippen LogP contribution in [0, 0.1) is 0 Å². The average Bonchev–Trinajstić information content (AvgIpc) is 2.68. The first-order valence-electron chi connectivity index (χ1n) is 8.60. The van der Waals surface area contributed by atoms with Crippen molar-refractivity contribution in [2.24, 2.45) is 0 Å². The largest absolute Gasteiger partial charge is 0.338 e. The number of carbonyl (C=O) groups is 2. The number of nitrogens with zero attached hydrogens (tertiary/aromatic N) is 2. The lowest BCUT2D eigenvalue weighted by molar-refractivity contribution is -0.131. The predicted octanol–water partition coefficient (Wildman–Crippen LogP) is 3.81. The van der Waals surface area contributed by atoms with Gasteiger partial charge in [-0.05, 0) is 43.3 Å². The van der Waals surface area contributed by atoms with Gasteiger partial charge in [-0.25, -0.2) is 0 Å². The van der Waals surface area contributed by atoms with Gasteiger partial charge in [0.25, 0.3) is 5.91 Å². The van der Waals surface area contributed by atoms with Crippen LogP contribution in [0.2, 0.25) is 5.02 Å². The molecule has 2 aromatic rings. The summed E-state index contributed by atoms with van der Waals surface area (Å²) in [5.41, 5.74) is 0.627. The van der Waals surface area contributed by atoms with Crippen LogP contribution in [-0.2, 0) is 4.79 Å². The van der Waals surface area contributed by atoms with Crippen molar-refractivity contribution in [1.82, 2.24) is 9.80 Å². The van der Waals surface area contributed by atoms with Crippen LogP contribution in [0.15, 0.2) is 59.5 Å². The van der Waals surface area contributed by atoms with E-state index in [4.69, 9.17) is 11.6 Å². The summed E-state index contributed by atoms with van der Waals surface area (Å²) in [7, 11) is 0. The van der Waals surface area contributed by atoms with Crippen molar-refractivity contribution >= 4 is 35.2 Å². The van der Waals surface area contributed by atoms with E-state index in [0.717, 1.165) is 4.90 Å². The predicted molar refractivity (Wildman–Crippen MR) is 106 cm³/mol. The topological polar surface area (TPSA) is 40.6 Å². The van der Waals surface area contributed by atoms with E-state index in [-0.39, 0.29) is 17.1 Å². The highest BCUT2D eigenvalue weighted by Crippen LogP contribution is 2.24. The maximum Gasteiger partial charge on any atom is 0.253 e. The maximum atomic E-state index is 12.7. The van der Waals surface area contributed by atoms with Crippen LogP contribution >= 0.6 is 23.4 Å². The van der Waals surface area contributed by atoms with Crippen LogP contribution in [0.1, 0.15) is 17.3 Å². The summed E-state index contributed by atoms with van der Waals surface area (Å²) >= 11 is 7.44. The molecular weight excluding hydrogens is 368 g/mol. The summed E-state index contributed by atoms with van der Waals surface area (Å²) < 4.78 is 0. The molecule has 2 aromatic carbocycles. The Hall–Kier alpha value is -1.98. The number of hydrogen-bond donors (Lipinski definition) is 0. The molecule has 0 radical (unpaired) electrons. The number of piperazine rings is 1. The van der Waals surface area contributed by atoms with Gasteiger partial charge >= 0.3 is 0 Å². The van der Waals surface area contributed by atoms with Crippen LogP contribution in [0.3, 0.4) is 0 Å². The zero-order valence-electron chi connectivity index (χ0n) is 14.6. The molecule has 0 spiro atoms. The fourth-order valence-corrected chi connectivity index (χ4v) is 4.01. The average molecular weight is 389 g/mol. The highest BCUT2D eigenvalue weighted by atomic mass is 35.5. The van der Waals surface area contributed by atoms with Gasteiger partial charge in [0.1, 0.15) is 0 Å². The molecule has 1 saturated heterocycles. The van der Waals surface area contributed by atoms with E-state index in [0.29, 0.717) is 36.8 Å². The van der Waals surface area contributed by atoms with Crippen molar-refractivity contribution in [2.75, 3.05) is 26.2 Å². The number of hydrogen-bond acceptors (Lipinski definition) is 3. The third-order valence-corrected chi connectivity index (χ3v) is 5.73. The second-order valence-electron chi connectivity index (χ2n) is 6.20. The molecule has 0 N–H and O–H groups in total. The molecule has 1 fully saturated rings. The van der Waals surface area contributed by atoms with E-state index >= 15 is 0 Å². The van der Waals surface area contributed by atoms with Crippen LogP contribution in [0.5, 0.6) is 0 Å². The van der Waals surface area contributed by atoms with Crippen molar-refractivity contribution in [2.45, 2.75) is 17.1 Å². The molecule has 1 aliphatic heterocycles. The molecular formula is C20H21ClN2O2S. The van der Waals surface area contributed by atoms with E-state index in [1.807, 2.05) is 42.2 Å². The van der Waals surface area contributed by atoms with Crippen LogP contribution in [0.25, 0.3) is 0 Å². The number of amides is 2. The van der Waals surface area contributed by atoms with Crippen molar-refractivity contribution < 1.29 is 9.59 Å². The van der Waals surface area contributed by atoms with Gasteiger partial charge in [0.2, 0.25) is 5.91 Å². The standard InChI is InChI=1S/C20H21ClN2O2S/c1-15(26-18-5-3-2-4-6-18)19(24)22-11-13-23(14-12-22)20(25)16-7-9-17(21)10-8-16/h2-10,15H,11-14H2,1H3. The summed E-state index contributed by atoms with van der Waals surface area (Å²) in [4.78, 5) is 29.9. The fraction of sp³-hybridized carbons (Fsp3) is 0.300. The highest BCUT2D eigenvalue weighted by Gasteiger charge is 2.27. The van der Waals surface area contributed by atoms with Crippen molar-refractivity contribution in [3.05, 3.63) is 65.2 Å². The molecule has 1 atom stereocenters. The Kier molecular flexibility index (Phi) is 6.22. The molecule has 0 aromatic heterocycles. The quantitative estimate of drug-likeness (QED) is 0.748. The van der Waals surface area contributed by atoms with Crippen LogP contribution in [-0.4, -0.2) is 53.0 Å². The molecule has 1 heterocycles.